The third-order valence-corrected chi connectivity index (χ3v) is 7.79. The Labute approximate surface area is 185 Å². The topological polar surface area (TPSA) is 9.23 Å². The highest BCUT2D eigenvalue weighted by Gasteiger charge is 2.29. The molecule has 0 saturated heterocycles. The molecule has 0 spiro atoms. The van der Waals surface area contributed by atoms with Gasteiger partial charge in [0.15, 0.2) is 0 Å². The molecule has 30 heavy (non-hydrogen) atoms. The molecule has 3 heteroatoms. The van der Waals surface area contributed by atoms with Crippen LogP contribution in [-0.4, -0.2) is 7.11 Å². The Morgan fingerprint density at radius 1 is 0.933 bits per heavy atom. The second kappa shape index (κ2) is 9.56. The maximum Gasteiger partial charge on any atom is 0.149 e. The van der Waals surface area contributed by atoms with Gasteiger partial charge < -0.3 is 4.74 Å². The van der Waals surface area contributed by atoms with Crippen molar-refractivity contribution in [2.24, 2.45) is 17.8 Å². The summed E-state index contributed by atoms with van der Waals surface area (Å²) in [5.74, 6) is 3.05. The van der Waals surface area contributed by atoms with Gasteiger partial charge in [0, 0.05) is 11.1 Å². The molecule has 2 aliphatic rings. The van der Waals surface area contributed by atoms with Gasteiger partial charge in [0.2, 0.25) is 0 Å². The second-order valence-corrected chi connectivity index (χ2v) is 9.35. The average molecular weight is 427 g/mol. The molecular formula is C27H32ClFO. The molecule has 0 heterocycles. The maximum atomic E-state index is 15.2. The van der Waals surface area contributed by atoms with E-state index in [-0.39, 0.29) is 10.8 Å². The molecular weight excluding hydrogens is 395 g/mol. The highest BCUT2D eigenvalue weighted by atomic mass is 35.5. The zero-order chi connectivity index (χ0) is 21.1. The summed E-state index contributed by atoms with van der Waals surface area (Å²) in [7, 11) is 1.63. The molecule has 1 saturated carbocycles. The molecule has 0 bridgehead atoms. The number of ether oxygens (including phenoxy) is 1. The maximum absolute atomic E-state index is 15.2. The molecule has 0 radical (unpaired) electrons. The van der Waals surface area contributed by atoms with Crippen LogP contribution in [0.2, 0.25) is 5.02 Å². The number of hydrogen-bond donors (Lipinski definition) is 0. The molecule has 1 nitrogen and oxygen atoms in total. The van der Waals surface area contributed by atoms with Crippen molar-refractivity contribution in [3.05, 3.63) is 58.9 Å². The van der Waals surface area contributed by atoms with Gasteiger partial charge in [0.05, 0.1) is 12.1 Å². The summed E-state index contributed by atoms with van der Waals surface area (Å²) in [5, 5.41) is 0.207. The van der Waals surface area contributed by atoms with Crippen LogP contribution in [0.25, 0.3) is 16.7 Å². The highest BCUT2D eigenvalue weighted by Crippen LogP contribution is 2.43. The van der Waals surface area contributed by atoms with E-state index >= 15 is 4.39 Å². The Balaban J connectivity index is 1.48. The molecule has 160 valence electrons. The highest BCUT2D eigenvalue weighted by molar-refractivity contribution is 6.33. The largest absolute Gasteiger partial charge is 0.497 e. The Hall–Kier alpha value is -1.80. The molecule has 2 aliphatic carbocycles. The third-order valence-electron chi connectivity index (χ3n) is 7.42. The summed E-state index contributed by atoms with van der Waals surface area (Å²) < 4.78 is 20.4. The van der Waals surface area contributed by atoms with Crippen LogP contribution in [0.5, 0.6) is 5.75 Å². The van der Waals surface area contributed by atoms with E-state index in [1.807, 2.05) is 36.4 Å². The van der Waals surface area contributed by atoms with E-state index in [1.165, 1.54) is 38.5 Å². The van der Waals surface area contributed by atoms with Crippen molar-refractivity contribution in [3.63, 3.8) is 0 Å². The van der Waals surface area contributed by atoms with Crippen molar-refractivity contribution in [1.82, 2.24) is 0 Å². The van der Waals surface area contributed by atoms with Crippen LogP contribution in [0.15, 0.2) is 42.5 Å². The number of benzene rings is 2. The first kappa shape index (κ1) is 21.4. The fraction of sp³-hybridized carbons (Fsp3) is 0.481. The fourth-order valence-electron chi connectivity index (χ4n) is 5.39. The van der Waals surface area contributed by atoms with E-state index in [0.717, 1.165) is 53.0 Å². The summed E-state index contributed by atoms with van der Waals surface area (Å²) in [5.41, 5.74) is 3.41. The van der Waals surface area contributed by atoms with E-state index in [4.69, 9.17) is 16.3 Å². The molecule has 1 unspecified atom stereocenters. The van der Waals surface area contributed by atoms with Gasteiger partial charge in [-0.15, -0.1) is 0 Å². The van der Waals surface area contributed by atoms with E-state index in [2.05, 4.69) is 13.0 Å². The molecule has 1 atom stereocenters. The molecule has 0 aliphatic heterocycles. The first-order valence-electron chi connectivity index (χ1n) is 11.4. The summed E-state index contributed by atoms with van der Waals surface area (Å²) in [4.78, 5) is 0. The van der Waals surface area contributed by atoms with Crippen LogP contribution in [0.1, 0.15) is 63.9 Å². The van der Waals surface area contributed by atoms with Gasteiger partial charge in [-0.25, -0.2) is 4.39 Å². The van der Waals surface area contributed by atoms with Gasteiger partial charge in [-0.05, 0) is 73.1 Å². The first-order valence-corrected chi connectivity index (χ1v) is 11.8. The summed E-state index contributed by atoms with van der Waals surface area (Å²) >= 11 is 6.47. The second-order valence-electron chi connectivity index (χ2n) is 8.97. The van der Waals surface area contributed by atoms with Crippen molar-refractivity contribution in [2.75, 3.05) is 7.11 Å². The third kappa shape index (κ3) is 4.44. The minimum atomic E-state index is -0.293. The van der Waals surface area contributed by atoms with Crippen LogP contribution in [-0.2, 0) is 0 Å². The summed E-state index contributed by atoms with van der Waals surface area (Å²) in [6, 6.07) is 11.4. The number of rotatable bonds is 5. The van der Waals surface area contributed by atoms with Crippen LogP contribution in [0.4, 0.5) is 4.39 Å². The van der Waals surface area contributed by atoms with Crippen LogP contribution in [0.3, 0.4) is 0 Å². The van der Waals surface area contributed by atoms with Crippen LogP contribution in [0, 0.1) is 23.6 Å². The van der Waals surface area contributed by atoms with E-state index in [9.17, 15) is 0 Å². The Kier molecular flexibility index (Phi) is 6.83. The van der Waals surface area contributed by atoms with Crippen molar-refractivity contribution in [1.29, 1.82) is 0 Å². The van der Waals surface area contributed by atoms with Crippen molar-refractivity contribution in [3.8, 4) is 16.9 Å². The van der Waals surface area contributed by atoms with Gasteiger partial charge >= 0.3 is 0 Å². The average Bonchev–Trinajstić information content (AvgIpc) is 2.81. The monoisotopic (exact) mass is 426 g/mol. The van der Waals surface area contributed by atoms with Gasteiger partial charge in [-0.2, -0.15) is 0 Å². The summed E-state index contributed by atoms with van der Waals surface area (Å²) in [6.45, 7) is 2.32. The lowest BCUT2D eigenvalue weighted by molar-refractivity contribution is 0.192. The van der Waals surface area contributed by atoms with Crippen molar-refractivity contribution >= 4 is 17.2 Å². The molecule has 0 amide bonds. The van der Waals surface area contributed by atoms with Gasteiger partial charge in [0.25, 0.3) is 0 Å². The number of halogens is 2. The predicted octanol–water partition coefficient (Wildman–Crippen LogP) is 8.55. The van der Waals surface area contributed by atoms with Gasteiger partial charge in [0.1, 0.15) is 11.6 Å². The molecule has 2 aromatic carbocycles. The zero-order valence-electron chi connectivity index (χ0n) is 18.1. The lowest BCUT2D eigenvalue weighted by atomic mass is 9.70. The van der Waals surface area contributed by atoms with Crippen LogP contribution >= 0.6 is 11.6 Å². The van der Waals surface area contributed by atoms with E-state index < -0.39 is 0 Å². The quantitative estimate of drug-likeness (QED) is 0.465. The van der Waals surface area contributed by atoms with E-state index in [0.29, 0.717) is 5.56 Å². The number of allylic oxidation sites excluding steroid dienone is 2. The lowest BCUT2D eigenvalue weighted by Gasteiger charge is -2.35. The minimum Gasteiger partial charge on any atom is -0.497 e. The molecule has 0 N–H and O–H groups in total. The van der Waals surface area contributed by atoms with E-state index in [1.54, 1.807) is 7.11 Å². The lowest BCUT2D eigenvalue weighted by Crippen LogP contribution is -2.23. The van der Waals surface area contributed by atoms with Crippen molar-refractivity contribution in [2.45, 2.75) is 58.3 Å². The fourth-order valence-corrected chi connectivity index (χ4v) is 5.66. The Morgan fingerprint density at radius 2 is 1.63 bits per heavy atom. The first-order chi connectivity index (χ1) is 14.6. The molecule has 4 rings (SSSR count). The predicted molar refractivity (Wildman–Crippen MR) is 124 cm³/mol. The van der Waals surface area contributed by atoms with Gasteiger partial charge in [-0.3, -0.25) is 0 Å². The van der Waals surface area contributed by atoms with Crippen LogP contribution < -0.4 is 4.74 Å². The standard InChI is InChI=1S/C27H32ClFO/c1-3-18-4-6-19(7-5-18)20-8-10-22(11-9-20)25-17-16-24(26(28)27(25)29)21-12-14-23(30-2)15-13-21/h10,12-20H,3-9,11H2,1-2H3. The Bertz CT molecular complexity index is 894. The van der Waals surface area contributed by atoms with Gasteiger partial charge in [-0.1, -0.05) is 68.1 Å². The summed E-state index contributed by atoms with van der Waals surface area (Å²) in [6.07, 6.45) is 12.4. The number of methoxy groups -OCH3 is 1. The molecule has 0 aromatic heterocycles. The minimum absolute atomic E-state index is 0.207. The number of hydrogen-bond acceptors (Lipinski definition) is 1. The zero-order valence-corrected chi connectivity index (χ0v) is 18.9. The van der Waals surface area contributed by atoms with Crippen molar-refractivity contribution < 1.29 is 9.13 Å². The Morgan fingerprint density at radius 3 is 2.23 bits per heavy atom. The SMILES string of the molecule is CCC1CCC(C2CC=C(c3ccc(-c4ccc(OC)cc4)c(Cl)c3F)CC2)CC1. The molecule has 2 aromatic rings. The molecule has 1 fully saturated rings. The normalized spacial score (nSPS) is 24.4. The smallest absolute Gasteiger partial charge is 0.149 e.